The van der Waals surface area contributed by atoms with Crippen LogP contribution in [-0.2, 0) is 13.0 Å². The lowest BCUT2D eigenvalue weighted by Crippen LogP contribution is -2.38. The summed E-state index contributed by atoms with van der Waals surface area (Å²) < 4.78 is 5.26. The molecule has 0 bridgehead atoms. The van der Waals surface area contributed by atoms with Gasteiger partial charge in [-0.2, -0.15) is 0 Å². The highest BCUT2D eigenvalue weighted by molar-refractivity contribution is 7.10. The molecule has 5 nitrogen and oxygen atoms in total. The minimum Gasteiger partial charge on any atom is -0.463 e. The monoisotopic (exact) mass is 326 g/mol. The largest absolute Gasteiger partial charge is 0.463 e. The number of amides is 1. The van der Waals surface area contributed by atoms with Crippen molar-refractivity contribution in [2.24, 2.45) is 0 Å². The highest BCUT2D eigenvalue weighted by atomic mass is 32.1. The molecule has 0 aromatic carbocycles. The number of pyridine rings is 1. The molecule has 4 heterocycles. The van der Waals surface area contributed by atoms with Gasteiger partial charge in [0.2, 0.25) is 0 Å². The van der Waals surface area contributed by atoms with E-state index in [2.05, 4.69) is 4.98 Å². The zero-order valence-corrected chi connectivity index (χ0v) is 13.1. The molecule has 6 heteroatoms. The Labute approximate surface area is 136 Å². The first-order chi connectivity index (χ1) is 11.2. The van der Waals surface area contributed by atoms with Gasteiger partial charge in [0.1, 0.15) is 11.3 Å². The number of nitrogens with one attached hydrogen (secondary N) is 1. The Balaban J connectivity index is 1.61. The summed E-state index contributed by atoms with van der Waals surface area (Å²) >= 11 is 1.72. The smallest absolute Gasteiger partial charge is 0.261 e. The standard InChI is InChI=1S/C17H14N2O3S/c20-16-12(3-4-13(18-16)14-2-1-8-22-14)17(21)19-7-5-15-11(10-19)6-9-23-15/h1-4,6,8-9H,5,7,10H2,(H,18,20). The molecule has 0 saturated heterocycles. The Kier molecular flexibility index (Phi) is 3.38. The van der Waals surface area contributed by atoms with Crippen LogP contribution < -0.4 is 5.56 Å². The van der Waals surface area contributed by atoms with Crippen molar-refractivity contribution in [3.8, 4) is 11.5 Å². The molecule has 116 valence electrons. The molecule has 4 rings (SSSR count). The van der Waals surface area contributed by atoms with E-state index in [0.29, 0.717) is 24.5 Å². The van der Waals surface area contributed by atoms with Crippen molar-refractivity contribution < 1.29 is 9.21 Å². The van der Waals surface area contributed by atoms with Crippen molar-refractivity contribution in [2.75, 3.05) is 6.54 Å². The molecule has 1 aliphatic rings. The first-order valence-corrected chi connectivity index (χ1v) is 8.22. The van der Waals surface area contributed by atoms with E-state index in [1.165, 1.54) is 10.4 Å². The first-order valence-electron chi connectivity index (χ1n) is 7.34. The van der Waals surface area contributed by atoms with Gasteiger partial charge in [-0.25, -0.2) is 0 Å². The van der Waals surface area contributed by atoms with Gasteiger partial charge in [0, 0.05) is 18.0 Å². The average molecular weight is 326 g/mol. The van der Waals surface area contributed by atoms with Crippen molar-refractivity contribution in [3.63, 3.8) is 0 Å². The van der Waals surface area contributed by atoms with E-state index >= 15 is 0 Å². The van der Waals surface area contributed by atoms with Crippen LogP contribution in [0, 0.1) is 0 Å². The Morgan fingerprint density at radius 2 is 2.17 bits per heavy atom. The zero-order valence-electron chi connectivity index (χ0n) is 12.2. The van der Waals surface area contributed by atoms with Gasteiger partial charge in [0.05, 0.1) is 12.0 Å². The Morgan fingerprint density at radius 3 is 2.96 bits per heavy atom. The fourth-order valence-corrected chi connectivity index (χ4v) is 3.70. The minimum atomic E-state index is -0.389. The number of H-pyrrole nitrogens is 1. The Bertz CT molecular complexity index is 908. The van der Waals surface area contributed by atoms with E-state index in [1.807, 2.05) is 11.4 Å². The fourth-order valence-electron chi connectivity index (χ4n) is 2.81. The summed E-state index contributed by atoms with van der Waals surface area (Å²) in [4.78, 5) is 30.7. The molecule has 0 saturated carbocycles. The third-order valence-electron chi connectivity index (χ3n) is 4.02. The molecule has 23 heavy (non-hydrogen) atoms. The molecule has 0 unspecified atom stereocenters. The van der Waals surface area contributed by atoms with Crippen LogP contribution >= 0.6 is 11.3 Å². The van der Waals surface area contributed by atoms with Crippen LogP contribution in [-0.4, -0.2) is 22.3 Å². The number of nitrogens with zero attached hydrogens (tertiary/aromatic N) is 1. The molecule has 3 aromatic rings. The summed E-state index contributed by atoms with van der Waals surface area (Å²) in [5, 5.41) is 2.05. The number of hydrogen-bond acceptors (Lipinski definition) is 4. The number of aromatic amines is 1. The summed E-state index contributed by atoms with van der Waals surface area (Å²) in [6, 6.07) is 8.83. The maximum atomic E-state index is 12.6. The van der Waals surface area contributed by atoms with Gasteiger partial charge in [-0.05, 0) is 47.7 Å². The number of furan rings is 1. The number of carbonyl (C=O) groups is 1. The van der Waals surface area contributed by atoms with Crippen molar-refractivity contribution in [3.05, 3.63) is 68.3 Å². The van der Waals surface area contributed by atoms with E-state index in [1.54, 1.807) is 46.8 Å². The van der Waals surface area contributed by atoms with Crippen LogP contribution in [0.2, 0.25) is 0 Å². The molecule has 0 fully saturated rings. The van der Waals surface area contributed by atoms with Crippen molar-refractivity contribution >= 4 is 17.2 Å². The number of rotatable bonds is 2. The lowest BCUT2D eigenvalue weighted by Gasteiger charge is -2.26. The number of fused-ring (bicyclic) bond motifs is 1. The molecule has 0 atom stereocenters. The molecule has 0 aliphatic carbocycles. The van der Waals surface area contributed by atoms with Gasteiger partial charge < -0.3 is 14.3 Å². The number of hydrogen-bond donors (Lipinski definition) is 1. The maximum Gasteiger partial charge on any atom is 0.261 e. The highest BCUT2D eigenvalue weighted by Gasteiger charge is 2.24. The highest BCUT2D eigenvalue weighted by Crippen LogP contribution is 2.25. The predicted molar refractivity (Wildman–Crippen MR) is 87.5 cm³/mol. The van der Waals surface area contributed by atoms with E-state index in [0.717, 1.165) is 6.42 Å². The molecular formula is C17H14N2O3S. The van der Waals surface area contributed by atoms with Crippen molar-refractivity contribution in [1.29, 1.82) is 0 Å². The average Bonchev–Trinajstić information content (AvgIpc) is 3.24. The Morgan fingerprint density at radius 1 is 1.26 bits per heavy atom. The second-order valence-electron chi connectivity index (χ2n) is 5.44. The van der Waals surface area contributed by atoms with Crippen molar-refractivity contribution in [1.82, 2.24) is 9.88 Å². The molecule has 1 aliphatic heterocycles. The Hall–Kier alpha value is -2.60. The van der Waals surface area contributed by atoms with Crippen LogP contribution in [0.5, 0.6) is 0 Å². The minimum absolute atomic E-state index is 0.166. The topological polar surface area (TPSA) is 66.3 Å². The van der Waals surface area contributed by atoms with Gasteiger partial charge in [-0.1, -0.05) is 0 Å². The lowest BCUT2D eigenvalue weighted by molar-refractivity contribution is 0.0734. The van der Waals surface area contributed by atoms with E-state index in [4.69, 9.17) is 4.42 Å². The SMILES string of the molecule is O=C(c1ccc(-c2ccco2)[nH]c1=O)N1CCc2sccc2C1. The van der Waals surface area contributed by atoms with Gasteiger partial charge in [0.15, 0.2) is 0 Å². The summed E-state index contributed by atoms with van der Waals surface area (Å²) in [6.45, 7) is 1.21. The third kappa shape index (κ3) is 2.51. The number of carbonyl (C=O) groups excluding carboxylic acids is 1. The molecule has 1 N–H and O–H groups in total. The predicted octanol–water partition coefficient (Wildman–Crippen LogP) is 2.89. The summed E-state index contributed by atoms with van der Waals surface area (Å²) in [5.41, 5.74) is 1.52. The number of thiophene rings is 1. The van der Waals surface area contributed by atoms with E-state index in [9.17, 15) is 9.59 Å². The molecule has 3 aromatic heterocycles. The molecule has 1 amide bonds. The van der Waals surface area contributed by atoms with Crippen LogP contribution in [0.15, 0.2) is 51.2 Å². The number of aromatic nitrogens is 1. The van der Waals surface area contributed by atoms with Crippen LogP contribution in [0.4, 0.5) is 0 Å². The van der Waals surface area contributed by atoms with Crippen LogP contribution in [0.1, 0.15) is 20.8 Å². The van der Waals surface area contributed by atoms with Gasteiger partial charge >= 0.3 is 0 Å². The van der Waals surface area contributed by atoms with E-state index in [-0.39, 0.29) is 17.0 Å². The van der Waals surface area contributed by atoms with Gasteiger partial charge in [-0.3, -0.25) is 9.59 Å². The molecular weight excluding hydrogens is 312 g/mol. The summed E-state index contributed by atoms with van der Waals surface area (Å²) in [5.74, 6) is 0.344. The maximum absolute atomic E-state index is 12.6. The summed E-state index contributed by atoms with van der Waals surface area (Å²) in [7, 11) is 0. The first kappa shape index (κ1) is 14.0. The lowest BCUT2D eigenvalue weighted by atomic mass is 10.1. The van der Waals surface area contributed by atoms with Crippen LogP contribution in [0.3, 0.4) is 0 Å². The van der Waals surface area contributed by atoms with Gasteiger partial charge in [-0.15, -0.1) is 11.3 Å². The molecule has 0 spiro atoms. The molecule has 0 radical (unpaired) electrons. The quantitative estimate of drug-likeness (QED) is 0.787. The van der Waals surface area contributed by atoms with Crippen LogP contribution in [0.25, 0.3) is 11.5 Å². The zero-order chi connectivity index (χ0) is 15.8. The summed E-state index contributed by atoms with van der Waals surface area (Å²) in [6.07, 6.45) is 2.39. The normalized spacial score (nSPS) is 13.8. The van der Waals surface area contributed by atoms with Gasteiger partial charge in [0.25, 0.3) is 11.5 Å². The fraction of sp³-hybridized carbons (Fsp3) is 0.176. The van der Waals surface area contributed by atoms with E-state index < -0.39 is 0 Å². The second kappa shape index (κ2) is 5.55. The second-order valence-corrected chi connectivity index (χ2v) is 6.44. The van der Waals surface area contributed by atoms with Crippen molar-refractivity contribution in [2.45, 2.75) is 13.0 Å². The third-order valence-corrected chi connectivity index (χ3v) is 5.04.